The lowest BCUT2D eigenvalue weighted by Gasteiger charge is -2.06. The molecule has 58 valence electrons. The molecule has 0 aliphatic carbocycles. The molecule has 2 heteroatoms. The largest absolute Gasteiger partial charge is 0.388 e. The van der Waals surface area contributed by atoms with Gasteiger partial charge in [-0.3, -0.25) is 4.79 Å². The van der Waals surface area contributed by atoms with Crippen LogP contribution in [0.25, 0.3) is 0 Å². The Kier molecular flexibility index (Phi) is 3.96. The number of carbonyl (C=O) groups is 1. The van der Waals surface area contributed by atoms with Crippen molar-refractivity contribution in [3.8, 4) is 0 Å². The molecule has 0 amide bonds. The third-order valence-corrected chi connectivity index (χ3v) is 1.38. The second-order valence-electron chi connectivity index (χ2n) is 2.46. The van der Waals surface area contributed by atoms with Crippen molar-refractivity contribution in [3.63, 3.8) is 0 Å². The summed E-state index contributed by atoms with van der Waals surface area (Å²) in [5.74, 6) is 0.0792. The van der Waals surface area contributed by atoms with Crippen molar-refractivity contribution >= 4 is 5.78 Å². The molecular weight excluding hydrogens is 128 g/mol. The first-order valence-corrected chi connectivity index (χ1v) is 3.43. The molecule has 0 radical (unpaired) electrons. The lowest BCUT2D eigenvalue weighted by molar-refractivity contribution is -0.120. The van der Waals surface area contributed by atoms with Gasteiger partial charge in [-0.1, -0.05) is 19.1 Å². The van der Waals surface area contributed by atoms with Crippen LogP contribution in [0.2, 0.25) is 0 Å². The molecule has 0 aliphatic rings. The summed E-state index contributed by atoms with van der Waals surface area (Å²) in [5.41, 5.74) is 0.654. The molecule has 0 aromatic heterocycles. The lowest BCUT2D eigenvalue weighted by atomic mass is 10.1. The fourth-order valence-corrected chi connectivity index (χ4v) is 0.534. The minimum atomic E-state index is -0.646. The Hall–Kier alpha value is -0.630. The number of hydrogen-bond donors (Lipinski definition) is 1. The van der Waals surface area contributed by atoms with Gasteiger partial charge in [-0.05, 0) is 6.92 Å². The first-order chi connectivity index (χ1) is 4.57. The van der Waals surface area contributed by atoms with E-state index < -0.39 is 6.10 Å². The van der Waals surface area contributed by atoms with Gasteiger partial charge in [0.25, 0.3) is 0 Å². The van der Waals surface area contributed by atoms with Gasteiger partial charge in [-0.15, -0.1) is 0 Å². The van der Waals surface area contributed by atoms with E-state index in [0.717, 1.165) is 0 Å². The molecule has 1 atom stereocenters. The molecule has 0 bridgehead atoms. The van der Waals surface area contributed by atoms with Crippen LogP contribution in [-0.4, -0.2) is 17.0 Å². The van der Waals surface area contributed by atoms with Crippen LogP contribution in [-0.2, 0) is 4.79 Å². The van der Waals surface area contributed by atoms with Crippen molar-refractivity contribution in [1.82, 2.24) is 0 Å². The zero-order chi connectivity index (χ0) is 8.15. The molecule has 0 aromatic carbocycles. The van der Waals surface area contributed by atoms with Gasteiger partial charge in [0, 0.05) is 12.8 Å². The van der Waals surface area contributed by atoms with E-state index in [1.54, 1.807) is 13.8 Å². The number of carbonyl (C=O) groups excluding carboxylic acids is 1. The van der Waals surface area contributed by atoms with E-state index in [-0.39, 0.29) is 12.2 Å². The fourth-order valence-electron chi connectivity index (χ4n) is 0.534. The molecule has 0 saturated heterocycles. The molecule has 0 saturated carbocycles. The van der Waals surface area contributed by atoms with Crippen LogP contribution in [0.5, 0.6) is 0 Å². The van der Waals surface area contributed by atoms with Crippen LogP contribution in [0.3, 0.4) is 0 Å². The van der Waals surface area contributed by atoms with Gasteiger partial charge in [-0.25, -0.2) is 0 Å². The Labute approximate surface area is 61.6 Å². The summed E-state index contributed by atoms with van der Waals surface area (Å²) in [6.07, 6.45) is 0.0587. The summed E-state index contributed by atoms with van der Waals surface area (Å²) in [6, 6.07) is 0. The highest BCUT2D eigenvalue weighted by Crippen LogP contribution is 2.04. The predicted molar refractivity (Wildman–Crippen MR) is 40.7 cm³/mol. The van der Waals surface area contributed by atoms with E-state index in [2.05, 4.69) is 6.58 Å². The molecule has 0 spiro atoms. The SMILES string of the molecule is C=C(C)[C@@H](O)CC(=O)CC. The zero-order valence-electron chi connectivity index (χ0n) is 6.55. The number of ketones is 1. The van der Waals surface area contributed by atoms with Crippen molar-refractivity contribution < 1.29 is 9.90 Å². The summed E-state index contributed by atoms with van der Waals surface area (Å²) in [6.45, 7) is 7.04. The second-order valence-corrected chi connectivity index (χ2v) is 2.46. The average Bonchev–Trinajstić information content (AvgIpc) is 1.87. The van der Waals surface area contributed by atoms with Crippen LogP contribution in [0.4, 0.5) is 0 Å². The van der Waals surface area contributed by atoms with Gasteiger partial charge in [0.15, 0.2) is 0 Å². The first kappa shape index (κ1) is 9.37. The molecule has 2 nitrogen and oxygen atoms in total. The van der Waals surface area contributed by atoms with Crippen molar-refractivity contribution in [2.24, 2.45) is 0 Å². The Morgan fingerprint density at radius 3 is 2.50 bits per heavy atom. The van der Waals surface area contributed by atoms with E-state index in [4.69, 9.17) is 5.11 Å². The van der Waals surface area contributed by atoms with E-state index in [1.165, 1.54) is 0 Å². The maximum atomic E-state index is 10.7. The lowest BCUT2D eigenvalue weighted by Crippen LogP contribution is -2.13. The van der Waals surface area contributed by atoms with Crippen LogP contribution < -0.4 is 0 Å². The maximum Gasteiger partial charge on any atom is 0.135 e. The monoisotopic (exact) mass is 142 g/mol. The zero-order valence-corrected chi connectivity index (χ0v) is 6.55. The highest BCUT2D eigenvalue weighted by atomic mass is 16.3. The molecule has 0 aliphatic heterocycles. The van der Waals surface area contributed by atoms with Crippen molar-refractivity contribution in [2.45, 2.75) is 32.8 Å². The molecule has 10 heavy (non-hydrogen) atoms. The van der Waals surface area contributed by atoms with Crippen molar-refractivity contribution in [2.75, 3.05) is 0 Å². The van der Waals surface area contributed by atoms with Gasteiger partial charge in [0.1, 0.15) is 5.78 Å². The summed E-state index contributed by atoms with van der Waals surface area (Å²) in [7, 11) is 0. The van der Waals surface area contributed by atoms with Crippen molar-refractivity contribution in [1.29, 1.82) is 0 Å². The minimum Gasteiger partial charge on any atom is -0.388 e. The number of Topliss-reactive ketones (excluding diaryl/α,β-unsaturated/α-hetero) is 1. The molecule has 0 unspecified atom stereocenters. The Morgan fingerprint density at radius 2 is 2.20 bits per heavy atom. The third kappa shape index (κ3) is 3.41. The molecule has 0 heterocycles. The van der Waals surface area contributed by atoms with E-state index >= 15 is 0 Å². The maximum absolute atomic E-state index is 10.7. The Morgan fingerprint density at radius 1 is 1.70 bits per heavy atom. The topological polar surface area (TPSA) is 37.3 Å². The second kappa shape index (κ2) is 4.23. The van der Waals surface area contributed by atoms with E-state index in [1.807, 2.05) is 0 Å². The highest BCUT2D eigenvalue weighted by molar-refractivity contribution is 5.78. The summed E-state index contributed by atoms with van der Waals surface area (Å²) >= 11 is 0. The first-order valence-electron chi connectivity index (χ1n) is 3.43. The van der Waals surface area contributed by atoms with Crippen LogP contribution in [0.15, 0.2) is 12.2 Å². The molecular formula is C8H14O2. The number of rotatable bonds is 4. The van der Waals surface area contributed by atoms with Gasteiger partial charge in [-0.2, -0.15) is 0 Å². The highest BCUT2D eigenvalue weighted by Gasteiger charge is 2.08. The number of aliphatic hydroxyl groups excluding tert-OH is 1. The van der Waals surface area contributed by atoms with Gasteiger partial charge >= 0.3 is 0 Å². The Bertz CT molecular complexity index is 138. The summed E-state index contributed by atoms with van der Waals surface area (Å²) in [5, 5.41) is 9.11. The van der Waals surface area contributed by atoms with Gasteiger partial charge in [0.2, 0.25) is 0 Å². The van der Waals surface area contributed by atoms with Crippen LogP contribution in [0, 0.1) is 0 Å². The molecule has 1 N–H and O–H groups in total. The smallest absolute Gasteiger partial charge is 0.135 e. The molecule has 0 aromatic rings. The fraction of sp³-hybridized carbons (Fsp3) is 0.625. The number of hydrogen-bond acceptors (Lipinski definition) is 2. The quantitative estimate of drug-likeness (QED) is 0.600. The third-order valence-electron chi connectivity index (χ3n) is 1.38. The van der Waals surface area contributed by atoms with E-state index in [9.17, 15) is 4.79 Å². The molecule has 0 rings (SSSR count). The predicted octanol–water partition coefficient (Wildman–Crippen LogP) is 1.29. The minimum absolute atomic E-state index is 0.0792. The average molecular weight is 142 g/mol. The van der Waals surface area contributed by atoms with Crippen LogP contribution >= 0.6 is 0 Å². The Balaban J connectivity index is 3.68. The summed E-state index contributed by atoms with van der Waals surface area (Å²) < 4.78 is 0. The van der Waals surface area contributed by atoms with E-state index in [0.29, 0.717) is 12.0 Å². The van der Waals surface area contributed by atoms with Gasteiger partial charge in [0.05, 0.1) is 6.10 Å². The number of aliphatic hydroxyl groups is 1. The van der Waals surface area contributed by atoms with Gasteiger partial charge < -0.3 is 5.11 Å². The summed E-state index contributed by atoms with van der Waals surface area (Å²) in [4.78, 5) is 10.7. The van der Waals surface area contributed by atoms with Crippen LogP contribution in [0.1, 0.15) is 26.7 Å². The van der Waals surface area contributed by atoms with Crippen molar-refractivity contribution in [3.05, 3.63) is 12.2 Å². The normalized spacial score (nSPS) is 12.7. The standard InChI is InChI=1S/C8H14O2/c1-4-7(9)5-8(10)6(2)3/h8,10H,2,4-5H2,1,3H3/t8-/m0/s1. The molecule has 0 fully saturated rings.